The maximum Gasteiger partial charge on any atom is 0.173 e. The average Bonchev–Trinajstić information content (AvgIpc) is 3.22. The van der Waals surface area contributed by atoms with Crippen LogP contribution in [0.1, 0.15) is 29.3 Å². The second-order valence-corrected chi connectivity index (χ2v) is 7.77. The monoisotopic (exact) mass is 429 g/mol. The normalized spacial score (nSPS) is 10.7. The molecule has 0 atom stereocenters. The fourth-order valence-corrected chi connectivity index (χ4v) is 3.46. The number of nitriles is 1. The lowest BCUT2D eigenvalue weighted by Gasteiger charge is -2.25. The van der Waals surface area contributed by atoms with Gasteiger partial charge in [0.2, 0.25) is 0 Å². The molecule has 6 heteroatoms. The standard InChI is InChI=1S/C25H27N5S/c1-3-4-14-29(25(31)28-23-11-5-20(2)6-12-23)15-13-24-17-27-19-30(24)18-22-9-7-21(16-26)8-10-22/h3-12,17,19H,13-15,18H2,1-2H3,(H,28,31). The molecule has 1 N–H and O–H groups in total. The molecule has 0 spiro atoms. The molecule has 0 aliphatic heterocycles. The topological polar surface area (TPSA) is 56.9 Å². The molecule has 0 aliphatic carbocycles. The summed E-state index contributed by atoms with van der Waals surface area (Å²) in [5.41, 5.74) is 5.17. The molecule has 0 amide bonds. The number of nitrogens with one attached hydrogen (secondary N) is 1. The van der Waals surface area contributed by atoms with E-state index < -0.39 is 0 Å². The smallest absolute Gasteiger partial charge is 0.173 e. The second kappa shape index (κ2) is 11.1. The first kappa shape index (κ1) is 22.3. The molecule has 1 aromatic heterocycles. The minimum absolute atomic E-state index is 0.670. The summed E-state index contributed by atoms with van der Waals surface area (Å²) in [7, 11) is 0. The first-order valence-electron chi connectivity index (χ1n) is 10.3. The Morgan fingerprint density at radius 3 is 2.61 bits per heavy atom. The van der Waals surface area contributed by atoms with Crippen LogP contribution in [0.4, 0.5) is 5.69 Å². The summed E-state index contributed by atoms with van der Waals surface area (Å²) in [5, 5.41) is 13.0. The van der Waals surface area contributed by atoms with E-state index in [0.717, 1.165) is 43.0 Å². The Kier molecular flexibility index (Phi) is 7.97. The number of allylic oxidation sites excluding steroid dienone is 1. The van der Waals surface area contributed by atoms with Crippen molar-refractivity contribution in [2.24, 2.45) is 0 Å². The van der Waals surface area contributed by atoms with Crippen molar-refractivity contribution in [2.45, 2.75) is 26.8 Å². The zero-order valence-corrected chi connectivity index (χ0v) is 18.8. The average molecular weight is 430 g/mol. The third-order valence-corrected chi connectivity index (χ3v) is 5.38. The summed E-state index contributed by atoms with van der Waals surface area (Å²) in [4.78, 5) is 6.50. The molecular weight excluding hydrogens is 402 g/mol. The van der Waals surface area contributed by atoms with Crippen LogP contribution in [0.15, 0.2) is 73.2 Å². The number of imidazole rings is 1. The van der Waals surface area contributed by atoms with Crippen molar-refractivity contribution in [2.75, 3.05) is 18.4 Å². The molecule has 3 rings (SSSR count). The van der Waals surface area contributed by atoms with Crippen LogP contribution in [0.3, 0.4) is 0 Å². The molecule has 31 heavy (non-hydrogen) atoms. The largest absolute Gasteiger partial charge is 0.345 e. The van der Waals surface area contributed by atoms with Crippen LogP contribution in [0.2, 0.25) is 0 Å². The molecule has 0 saturated carbocycles. The van der Waals surface area contributed by atoms with E-state index >= 15 is 0 Å². The highest BCUT2D eigenvalue weighted by Crippen LogP contribution is 2.12. The summed E-state index contributed by atoms with van der Waals surface area (Å²) in [5.74, 6) is 0. The van der Waals surface area contributed by atoms with E-state index in [9.17, 15) is 0 Å². The van der Waals surface area contributed by atoms with Crippen molar-refractivity contribution in [3.63, 3.8) is 0 Å². The predicted octanol–water partition coefficient (Wildman–Crippen LogP) is 4.93. The number of aryl methyl sites for hydroxylation is 1. The van der Waals surface area contributed by atoms with Gasteiger partial charge in [-0.05, 0) is 55.9 Å². The first-order chi connectivity index (χ1) is 15.1. The van der Waals surface area contributed by atoms with E-state index in [1.54, 1.807) is 0 Å². The Balaban J connectivity index is 1.64. The summed E-state index contributed by atoms with van der Waals surface area (Å²) in [6, 6.07) is 18.1. The highest BCUT2D eigenvalue weighted by atomic mass is 32.1. The molecule has 0 bridgehead atoms. The van der Waals surface area contributed by atoms with Gasteiger partial charge in [-0.3, -0.25) is 0 Å². The van der Waals surface area contributed by atoms with Gasteiger partial charge in [-0.1, -0.05) is 42.0 Å². The SMILES string of the molecule is CC=CCN(CCc1cncn1Cc1ccc(C#N)cc1)C(=S)Nc1ccc(C)cc1. The Morgan fingerprint density at radius 2 is 1.94 bits per heavy atom. The summed E-state index contributed by atoms with van der Waals surface area (Å²) < 4.78 is 2.14. The minimum atomic E-state index is 0.670. The van der Waals surface area contributed by atoms with Gasteiger partial charge in [0.1, 0.15) is 0 Å². The summed E-state index contributed by atoms with van der Waals surface area (Å²) in [6.45, 7) is 6.34. The van der Waals surface area contributed by atoms with E-state index in [-0.39, 0.29) is 0 Å². The number of hydrogen-bond acceptors (Lipinski definition) is 3. The van der Waals surface area contributed by atoms with Gasteiger partial charge in [-0.2, -0.15) is 5.26 Å². The fraction of sp³-hybridized carbons (Fsp3) is 0.240. The molecular formula is C25H27N5S. The van der Waals surface area contributed by atoms with Crippen LogP contribution in [-0.2, 0) is 13.0 Å². The second-order valence-electron chi connectivity index (χ2n) is 7.38. The maximum atomic E-state index is 8.97. The maximum absolute atomic E-state index is 8.97. The number of anilines is 1. The fourth-order valence-electron chi connectivity index (χ4n) is 3.18. The highest BCUT2D eigenvalue weighted by molar-refractivity contribution is 7.80. The van der Waals surface area contributed by atoms with E-state index in [0.29, 0.717) is 10.7 Å². The molecule has 0 aliphatic rings. The number of benzene rings is 2. The van der Waals surface area contributed by atoms with Gasteiger partial charge < -0.3 is 14.8 Å². The van der Waals surface area contributed by atoms with E-state index in [1.807, 2.05) is 61.9 Å². The van der Waals surface area contributed by atoms with Crippen molar-refractivity contribution >= 4 is 23.0 Å². The van der Waals surface area contributed by atoms with Crippen LogP contribution in [0.5, 0.6) is 0 Å². The molecule has 2 aromatic carbocycles. The van der Waals surface area contributed by atoms with Gasteiger partial charge in [0.05, 0.1) is 18.0 Å². The molecule has 5 nitrogen and oxygen atoms in total. The van der Waals surface area contributed by atoms with Gasteiger partial charge >= 0.3 is 0 Å². The molecule has 3 aromatic rings. The van der Waals surface area contributed by atoms with E-state index in [2.05, 4.69) is 51.0 Å². The summed E-state index contributed by atoms with van der Waals surface area (Å²) >= 11 is 5.69. The molecule has 1 heterocycles. The van der Waals surface area contributed by atoms with Crippen molar-refractivity contribution in [3.05, 3.63) is 95.6 Å². The Bertz CT molecular complexity index is 1060. The third kappa shape index (κ3) is 6.53. The number of hydrogen-bond donors (Lipinski definition) is 1. The summed E-state index contributed by atoms with van der Waals surface area (Å²) in [6.07, 6.45) is 8.73. The lowest BCUT2D eigenvalue weighted by molar-refractivity contribution is 0.465. The van der Waals surface area contributed by atoms with Crippen molar-refractivity contribution in [1.82, 2.24) is 14.5 Å². The zero-order valence-electron chi connectivity index (χ0n) is 18.0. The van der Waals surface area contributed by atoms with Crippen molar-refractivity contribution in [3.8, 4) is 6.07 Å². The van der Waals surface area contributed by atoms with Crippen LogP contribution in [0.25, 0.3) is 0 Å². The molecule has 0 radical (unpaired) electrons. The molecule has 0 fully saturated rings. The Hall–Kier alpha value is -3.43. The van der Waals surface area contributed by atoms with Gasteiger partial charge in [0.25, 0.3) is 0 Å². The van der Waals surface area contributed by atoms with Crippen molar-refractivity contribution < 1.29 is 0 Å². The van der Waals surface area contributed by atoms with Crippen LogP contribution in [0, 0.1) is 18.3 Å². The quantitative estimate of drug-likeness (QED) is 0.406. The molecule has 0 unspecified atom stereocenters. The Labute approximate surface area is 189 Å². The lowest BCUT2D eigenvalue weighted by Crippen LogP contribution is -2.36. The van der Waals surface area contributed by atoms with Crippen LogP contribution < -0.4 is 5.32 Å². The van der Waals surface area contributed by atoms with Gasteiger partial charge in [0, 0.05) is 43.6 Å². The number of aromatic nitrogens is 2. The zero-order chi connectivity index (χ0) is 22.1. The third-order valence-electron chi connectivity index (χ3n) is 5.02. The van der Waals surface area contributed by atoms with Crippen LogP contribution in [-0.4, -0.2) is 32.7 Å². The van der Waals surface area contributed by atoms with Gasteiger partial charge in [0.15, 0.2) is 5.11 Å². The number of thiocarbonyl (C=S) groups is 1. The highest BCUT2D eigenvalue weighted by Gasteiger charge is 2.11. The van der Waals surface area contributed by atoms with Gasteiger partial charge in [-0.25, -0.2) is 4.98 Å². The Morgan fingerprint density at radius 1 is 1.19 bits per heavy atom. The first-order valence-corrected chi connectivity index (χ1v) is 10.7. The van der Waals surface area contributed by atoms with E-state index in [1.165, 1.54) is 5.56 Å². The van der Waals surface area contributed by atoms with Crippen molar-refractivity contribution in [1.29, 1.82) is 5.26 Å². The van der Waals surface area contributed by atoms with Crippen LogP contribution >= 0.6 is 12.2 Å². The molecule has 158 valence electrons. The number of rotatable bonds is 8. The molecule has 0 saturated heterocycles. The van der Waals surface area contributed by atoms with Gasteiger partial charge in [-0.15, -0.1) is 0 Å². The van der Waals surface area contributed by atoms with E-state index in [4.69, 9.17) is 17.5 Å². The minimum Gasteiger partial charge on any atom is -0.345 e. The predicted molar refractivity (Wildman–Crippen MR) is 130 cm³/mol. The number of nitrogens with zero attached hydrogens (tertiary/aromatic N) is 4. The lowest BCUT2D eigenvalue weighted by atomic mass is 10.1.